The maximum atomic E-state index is 11.6. The minimum absolute atomic E-state index is 0.0620. The lowest BCUT2D eigenvalue weighted by molar-refractivity contribution is 0.0132. The number of nitrogens with two attached hydrogens (primary N) is 1. The first-order chi connectivity index (χ1) is 8.72. The number of benzene rings is 1. The fourth-order valence-electron chi connectivity index (χ4n) is 1.33. The summed E-state index contributed by atoms with van der Waals surface area (Å²) in [5.41, 5.74) is 5.20. The van der Waals surface area contributed by atoms with Crippen LogP contribution in [0.5, 0.6) is 0 Å². The average molecular weight is 289 g/mol. The lowest BCUT2D eigenvalue weighted by Gasteiger charge is -2.22. The number of aliphatic hydroxyl groups is 2. The summed E-state index contributed by atoms with van der Waals surface area (Å²) < 4.78 is 25.3. The van der Waals surface area contributed by atoms with Crippen molar-refractivity contribution in [2.75, 3.05) is 31.2 Å². The lowest BCUT2D eigenvalue weighted by atomic mass is 10.1. The van der Waals surface area contributed by atoms with E-state index < -0.39 is 22.2 Å². The van der Waals surface area contributed by atoms with E-state index in [9.17, 15) is 13.5 Å². The van der Waals surface area contributed by atoms with Crippen molar-refractivity contribution in [1.29, 1.82) is 0 Å². The second kappa shape index (κ2) is 5.74. The molecule has 0 saturated heterocycles. The second-order valence-electron chi connectivity index (χ2n) is 4.47. The number of nitrogen functional groups attached to an aromatic ring is 1. The van der Waals surface area contributed by atoms with E-state index in [-0.39, 0.29) is 17.1 Å². The van der Waals surface area contributed by atoms with Crippen LogP contribution in [0.2, 0.25) is 0 Å². The standard InChI is InChI=1S/C11H19N3O4S/c1-11(16,7-15)6-14-10-4-3-8(5-9(10)12)19(17,18)13-2/h3-5,13-16H,6-7,12H2,1-2H3. The zero-order valence-corrected chi connectivity index (χ0v) is 11.7. The van der Waals surface area contributed by atoms with Crippen LogP contribution in [0.4, 0.5) is 11.4 Å². The Hall–Kier alpha value is -1.35. The number of aliphatic hydroxyl groups excluding tert-OH is 1. The van der Waals surface area contributed by atoms with Gasteiger partial charge in [0.25, 0.3) is 0 Å². The van der Waals surface area contributed by atoms with Crippen LogP contribution in [-0.2, 0) is 10.0 Å². The van der Waals surface area contributed by atoms with Gasteiger partial charge in [0, 0.05) is 6.54 Å². The molecule has 108 valence electrons. The zero-order valence-electron chi connectivity index (χ0n) is 10.8. The zero-order chi connectivity index (χ0) is 14.7. The molecule has 0 saturated carbocycles. The summed E-state index contributed by atoms with van der Waals surface area (Å²) in [6, 6.07) is 4.23. The summed E-state index contributed by atoms with van der Waals surface area (Å²) in [5, 5.41) is 21.4. The topological polar surface area (TPSA) is 125 Å². The average Bonchev–Trinajstić information content (AvgIpc) is 2.37. The predicted molar refractivity (Wildman–Crippen MR) is 73.3 cm³/mol. The van der Waals surface area contributed by atoms with Gasteiger partial charge in [0.1, 0.15) is 5.60 Å². The summed E-state index contributed by atoms with van der Waals surface area (Å²) in [6.07, 6.45) is 0. The summed E-state index contributed by atoms with van der Waals surface area (Å²) >= 11 is 0. The molecule has 1 aromatic rings. The van der Waals surface area contributed by atoms with E-state index in [4.69, 9.17) is 10.8 Å². The Bertz CT molecular complexity index is 543. The molecule has 0 aromatic heterocycles. The molecule has 1 rings (SSSR count). The van der Waals surface area contributed by atoms with Crippen molar-refractivity contribution in [2.24, 2.45) is 0 Å². The second-order valence-corrected chi connectivity index (χ2v) is 6.35. The van der Waals surface area contributed by atoms with Crippen LogP contribution in [0.25, 0.3) is 0 Å². The third-order valence-corrected chi connectivity index (χ3v) is 4.01. The first-order valence-corrected chi connectivity index (χ1v) is 7.10. The van der Waals surface area contributed by atoms with Gasteiger partial charge in [-0.25, -0.2) is 13.1 Å². The van der Waals surface area contributed by atoms with Gasteiger partial charge in [0.2, 0.25) is 10.0 Å². The van der Waals surface area contributed by atoms with Crippen molar-refractivity contribution in [1.82, 2.24) is 4.72 Å². The SMILES string of the molecule is CNS(=O)(=O)c1ccc(NCC(C)(O)CO)c(N)c1. The van der Waals surface area contributed by atoms with Gasteiger partial charge in [-0.15, -0.1) is 0 Å². The minimum atomic E-state index is -3.53. The summed E-state index contributed by atoms with van der Waals surface area (Å²) in [4.78, 5) is 0.0620. The molecule has 0 heterocycles. The van der Waals surface area contributed by atoms with Gasteiger partial charge in [-0.2, -0.15) is 0 Å². The van der Waals surface area contributed by atoms with Gasteiger partial charge in [-0.1, -0.05) is 0 Å². The molecule has 0 aliphatic rings. The van der Waals surface area contributed by atoms with Gasteiger partial charge in [0.05, 0.1) is 22.9 Å². The summed E-state index contributed by atoms with van der Waals surface area (Å²) in [5.74, 6) is 0. The molecule has 8 heteroatoms. The number of nitrogens with one attached hydrogen (secondary N) is 2. The van der Waals surface area contributed by atoms with E-state index in [1.54, 1.807) is 0 Å². The Balaban J connectivity index is 2.90. The molecule has 1 aromatic carbocycles. The highest BCUT2D eigenvalue weighted by Crippen LogP contribution is 2.23. The maximum absolute atomic E-state index is 11.6. The lowest BCUT2D eigenvalue weighted by Crippen LogP contribution is -2.37. The molecule has 1 atom stereocenters. The third kappa shape index (κ3) is 4.06. The molecule has 0 fully saturated rings. The predicted octanol–water partition coefficient (Wildman–Crippen LogP) is -0.668. The smallest absolute Gasteiger partial charge is 0.240 e. The van der Waals surface area contributed by atoms with E-state index in [1.807, 2.05) is 0 Å². The number of hydrogen-bond acceptors (Lipinski definition) is 6. The van der Waals surface area contributed by atoms with Crippen LogP contribution < -0.4 is 15.8 Å². The Kier molecular flexibility index (Phi) is 4.75. The third-order valence-electron chi connectivity index (χ3n) is 2.60. The number of hydrogen-bond donors (Lipinski definition) is 5. The fourth-order valence-corrected chi connectivity index (χ4v) is 2.09. The molecule has 0 amide bonds. The van der Waals surface area contributed by atoms with Crippen LogP contribution in [0.15, 0.2) is 23.1 Å². The molecule has 0 radical (unpaired) electrons. The summed E-state index contributed by atoms with van der Waals surface area (Å²) in [7, 11) is -2.22. The largest absolute Gasteiger partial charge is 0.397 e. The van der Waals surface area contributed by atoms with Gasteiger partial charge >= 0.3 is 0 Å². The van der Waals surface area contributed by atoms with Crippen molar-refractivity contribution in [3.05, 3.63) is 18.2 Å². The van der Waals surface area contributed by atoms with Crippen molar-refractivity contribution in [2.45, 2.75) is 17.4 Å². The summed E-state index contributed by atoms with van der Waals surface area (Å²) in [6.45, 7) is 1.16. The highest BCUT2D eigenvalue weighted by Gasteiger charge is 2.19. The maximum Gasteiger partial charge on any atom is 0.240 e. The molecule has 19 heavy (non-hydrogen) atoms. The van der Waals surface area contributed by atoms with Gasteiger partial charge in [-0.3, -0.25) is 0 Å². The van der Waals surface area contributed by atoms with Crippen LogP contribution >= 0.6 is 0 Å². The Labute approximate surface area is 112 Å². The highest BCUT2D eigenvalue weighted by molar-refractivity contribution is 7.89. The first kappa shape index (κ1) is 15.7. The molecule has 0 bridgehead atoms. The van der Waals surface area contributed by atoms with E-state index in [1.165, 1.54) is 32.2 Å². The number of sulfonamides is 1. The van der Waals surface area contributed by atoms with E-state index >= 15 is 0 Å². The van der Waals surface area contributed by atoms with E-state index in [0.717, 1.165) is 0 Å². The molecule has 0 aliphatic carbocycles. The highest BCUT2D eigenvalue weighted by atomic mass is 32.2. The molecular weight excluding hydrogens is 270 g/mol. The molecule has 7 nitrogen and oxygen atoms in total. The van der Waals surface area contributed by atoms with E-state index in [2.05, 4.69) is 10.0 Å². The Morgan fingerprint density at radius 3 is 2.53 bits per heavy atom. The normalized spacial score (nSPS) is 14.9. The number of rotatable bonds is 6. The van der Waals surface area contributed by atoms with Crippen LogP contribution in [0.1, 0.15) is 6.92 Å². The van der Waals surface area contributed by atoms with Crippen LogP contribution in [0.3, 0.4) is 0 Å². The van der Waals surface area contributed by atoms with Crippen molar-refractivity contribution < 1.29 is 18.6 Å². The molecule has 0 spiro atoms. The van der Waals surface area contributed by atoms with Gasteiger partial charge < -0.3 is 21.3 Å². The Morgan fingerprint density at radius 1 is 1.42 bits per heavy atom. The molecule has 6 N–H and O–H groups in total. The monoisotopic (exact) mass is 289 g/mol. The van der Waals surface area contributed by atoms with Crippen LogP contribution in [-0.4, -0.2) is 44.4 Å². The Morgan fingerprint density at radius 2 is 2.05 bits per heavy atom. The first-order valence-electron chi connectivity index (χ1n) is 5.62. The van der Waals surface area contributed by atoms with Gasteiger partial charge in [-0.05, 0) is 32.2 Å². The quantitative estimate of drug-likeness (QED) is 0.442. The number of anilines is 2. The molecular formula is C11H19N3O4S. The van der Waals surface area contributed by atoms with Crippen molar-refractivity contribution in [3.63, 3.8) is 0 Å². The van der Waals surface area contributed by atoms with Crippen molar-refractivity contribution in [3.8, 4) is 0 Å². The van der Waals surface area contributed by atoms with Crippen molar-refractivity contribution >= 4 is 21.4 Å². The van der Waals surface area contributed by atoms with Gasteiger partial charge in [0.15, 0.2) is 0 Å². The minimum Gasteiger partial charge on any atom is -0.397 e. The van der Waals surface area contributed by atoms with Crippen LogP contribution in [0, 0.1) is 0 Å². The molecule has 1 unspecified atom stereocenters. The molecule has 0 aliphatic heterocycles. The fraction of sp³-hybridized carbons (Fsp3) is 0.455. The van der Waals surface area contributed by atoms with E-state index in [0.29, 0.717) is 5.69 Å².